The van der Waals surface area contributed by atoms with Crippen LogP contribution in [0.15, 0.2) is 24.3 Å². The summed E-state index contributed by atoms with van der Waals surface area (Å²) in [5.74, 6) is 0.636. The van der Waals surface area contributed by atoms with E-state index in [4.69, 9.17) is 0 Å². The summed E-state index contributed by atoms with van der Waals surface area (Å²) in [6.45, 7) is 5.36. The first-order valence-electron chi connectivity index (χ1n) is 10.2. The molecule has 4 rings (SSSR count). The molecule has 0 spiro atoms. The van der Waals surface area contributed by atoms with E-state index >= 15 is 0 Å². The molecule has 4 heteroatoms. The smallest absolute Gasteiger partial charge is 0.230 e. The average molecular weight is 341 g/mol. The first kappa shape index (κ1) is 17.0. The largest absolute Gasteiger partial charge is 0.314 e. The second-order valence-electron chi connectivity index (χ2n) is 7.91. The highest BCUT2D eigenvalue weighted by molar-refractivity contribution is 5.97. The monoisotopic (exact) mass is 341 g/mol. The normalized spacial score (nSPS) is 25.6. The van der Waals surface area contributed by atoms with Crippen molar-refractivity contribution < 1.29 is 4.79 Å². The summed E-state index contributed by atoms with van der Waals surface area (Å²) in [5, 5.41) is 3.43. The lowest BCUT2D eigenvalue weighted by molar-refractivity contribution is -0.124. The molecule has 1 amide bonds. The van der Waals surface area contributed by atoms with Gasteiger partial charge in [-0.15, -0.1) is 0 Å². The number of nitrogens with zero attached hydrogens (tertiary/aromatic N) is 2. The Morgan fingerprint density at radius 3 is 2.60 bits per heavy atom. The SMILES string of the molecule is O=C(C1CCCCC1)N1c2ccccc2CCC1CN1CCNCC1. The van der Waals surface area contributed by atoms with E-state index in [1.165, 1.54) is 30.5 Å². The van der Waals surface area contributed by atoms with E-state index < -0.39 is 0 Å². The molecule has 0 aromatic heterocycles. The van der Waals surface area contributed by atoms with Crippen LogP contribution in [-0.2, 0) is 11.2 Å². The molecule has 1 atom stereocenters. The Labute approximate surface area is 151 Å². The second kappa shape index (κ2) is 7.88. The summed E-state index contributed by atoms with van der Waals surface area (Å²) in [6.07, 6.45) is 8.09. The molecule has 4 nitrogen and oxygen atoms in total. The second-order valence-corrected chi connectivity index (χ2v) is 7.91. The number of fused-ring (bicyclic) bond motifs is 1. The van der Waals surface area contributed by atoms with Crippen LogP contribution in [0.5, 0.6) is 0 Å². The van der Waals surface area contributed by atoms with Crippen molar-refractivity contribution in [2.24, 2.45) is 5.92 Å². The van der Waals surface area contributed by atoms with Crippen LogP contribution < -0.4 is 10.2 Å². The minimum atomic E-state index is 0.241. The number of aryl methyl sites for hydroxylation is 1. The fraction of sp³-hybridized carbons (Fsp3) is 0.667. The molecule has 1 saturated heterocycles. The van der Waals surface area contributed by atoms with Crippen LogP contribution in [0.4, 0.5) is 5.69 Å². The molecule has 1 unspecified atom stereocenters. The summed E-state index contributed by atoms with van der Waals surface area (Å²) in [7, 11) is 0. The number of carbonyl (C=O) groups is 1. The minimum absolute atomic E-state index is 0.241. The van der Waals surface area contributed by atoms with Gasteiger partial charge in [0.1, 0.15) is 0 Å². The van der Waals surface area contributed by atoms with Gasteiger partial charge in [0, 0.05) is 50.4 Å². The van der Waals surface area contributed by atoms with E-state index in [1.54, 1.807) is 0 Å². The average Bonchev–Trinajstić information content (AvgIpc) is 2.69. The topological polar surface area (TPSA) is 35.6 Å². The molecule has 0 radical (unpaired) electrons. The third-order valence-electron chi connectivity index (χ3n) is 6.23. The van der Waals surface area contributed by atoms with Crippen molar-refractivity contribution in [3.05, 3.63) is 29.8 Å². The van der Waals surface area contributed by atoms with Gasteiger partial charge in [-0.25, -0.2) is 0 Å². The van der Waals surface area contributed by atoms with E-state index in [9.17, 15) is 4.79 Å². The van der Waals surface area contributed by atoms with Crippen molar-refractivity contribution in [3.8, 4) is 0 Å². The zero-order valence-electron chi connectivity index (χ0n) is 15.3. The summed E-state index contributed by atoms with van der Waals surface area (Å²) >= 11 is 0. The van der Waals surface area contributed by atoms with Crippen molar-refractivity contribution in [1.29, 1.82) is 0 Å². The van der Waals surface area contributed by atoms with Crippen LogP contribution in [-0.4, -0.2) is 49.6 Å². The van der Waals surface area contributed by atoms with Crippen molar-refractivity contribution in [3.63, 3.8) is 0 Å². The quantitative estimate of drug-likeness (QED) is 0.918. The minimum Gasteiger partial charge on any atom is -0.314 e. The molecule has 1 aliphatic carbocycles. The summed E-state index contributed by atoms with van der Waals surface area (Å²) in [6, 6.07) is 8.91. The molecule has 0 bridgehead atoms. The maximum atomic E-state index is 13.5. The molecule has 1 N–H and O–H groups in total. The number of para-hydroxylation sites is 1. The number of anilines is 1. The number of benzene rings is 1. The standard InChI is InChI=1S/C21H31N3O/c25-21(18-7-2-1-3-8-18)24-19(16-23-14-12-22-13-15-23)11-10-17-6-4-5-9-20(17)24/h4-6,9,18-19,22H,1-3,7-8,10-16H2. The Bertz CT molecular complexity index is 591. The molecule has 1 aromatic rings. The Kier molecular flexibility index (Phi) is 5.37. The fourth-order valence-corrected chi connectivity index (χ4v) is 4.81. The summed E-state index contributed by atoms with van der Waals surface area (Å²) < 4.78 is 0. The zero-order chi connectivity index (χ0) is 17.1. The maximum absolute atomic E-state index is 13.5. The molecular weight excluding hydrogens is 310 g/mol. The predicted molar refractivity (Wildman–Crippen MR) is 102 cm³/mol. The van der Waals surface area contributed by atoms with Crippen molar-refractivity contribution >= 4 is 11.6 Å². The zero-order valence-corrected chi connectivity index (χ0v) is 15.3. The Hall–Kier alpha value is -1.39. The number of piperazine rings is 1. The first-order chi connectivity index (χ1) is 12.3. The summed E-state index contributed by atoms with van der Waals surface area (Å²) in [5.41, 5.74) is 2.53. The van der Waals surface area contributed by atoms with Gasteiger partial charge < -0.3 is 10.2 Å². The summed E-state index contributed by atoms with van der Waals surface area (Å²) in [4.78, 5) is 18.2. The van der Waals surface area contributed by atoms with Gasteiger partial charge >= 0.3 is 0 Å². The van der Waals surface area contributed by atoms with Gasteiger partial charge in [-0.1, -0.05) is 37.5 Å². The lowest BCUT2D eigenvalue weighted by Gasteiger charge is -2.42. The van der Waals surface area contributed by atoms with E-state index in [0.29, 0.717) is 11.9 Å². The number of hydrogen-bond donors (Lipinski definition) is 1. The number of amides is 1. The van der Waals surface area contributed by atoms with E-state index in [-0.39, 0.29) is 5.92 Å². The Morgan fingerprint density at radius 1 is 1.04 bits per heavy atom. The van der Waals surface area contributed by atoms with Crippen LogP contribution in [0.3, 0.4) is 0 Å². The van der Waals surface area contributed by atoms with Gasteiger partial charge in [0.05, 0.1) is 0 Å². The van der Waals surface area contributed by atoms with E-state index in [0.717, 1.165) is 58.4 Å². The molecule has 2 heterocycles. The van der Waals surface area contributed by atoms with Crippen molar-refractivity contribution in [1.82, 2.24) is 10.2 Å². The number of nitrogens with one attached hydrogen (secondary N) is 1. The fourth-order valence-electron chi connectivity index (χ4n) is 4.81. The Morgan fingerprint density at radius 2 is 1.80 bits per heavy atom. The molecular formula is C21H31N3O. The van der Waals surface area contributed by atoms with Gasteiger partial charge in [-0.3, -0.25) is 9.69 Å². The van der Waals surface area contributed by atoms with E-state index in [2.05, 4.69) is 39.4 Å². The van der Waals surface area contributed by atoms with Crippen LogP contribution in [0.25, 0.3) is 0 Å². The lowest BCUT2D eigenvalue weighted by atomic mass is 9.86. The molecule has 1 aromatic carbocycles. The molecule has 25 heavy (non-hydrogen) atoms. The number of carbonyl (C=O) groups excluding carboxylic acids is 1. The third kappa shape index (κ3) is 3.75. The Balaban J connectivity index is 1.57. The van der Waals surface area contributed by atoms with Crippen LogP contribution in [0.1, 0.15) is 44.1 Å². The lowest BCUT2D eigenvalue weighted by Crippen LogP contribution is -2.54. The molecule has 2 aliphatic heterocycles. The van der Waals surface area contributed by atoms with Gasteiger partial charge in [-0.2, -0.15) is 0 Å². The van der Waals surface area contributed by atoms with Crippen LogP contribution in [0.2, 0.25) is 0 Å². The molecule has 136 valence electrons. The van der Waals surface area contributed by atoms with Crippen LogP contribution >= 0.6 is 0 Å². The van der Waals surface area contributed by atoms with Gasteiger partial charge in [-0.05, 0) is 37.3 Å². The first-order valence-corrected chi connectivity index (χ1v) is 10.2. The maximum Gasteiger partial charge on any atom is 0.230 e. The highest BCUT2D eigenvalue weighted by atomic mass is 16.2. The van der Waals surface area contributed by atoms with Gasteiger partial charge in [0.25, 0.3) is 0 Å². The molecule has 1 saturated carbocycles. The highest BCUT2D eigenvalue weighted by Crippen LogP contribution is 2.35. The third-order valence-corrected chi connectivity index (χ3v) is 6.23. The predicted octanol–water partition coefficient (Wildman–Crippen LogP) is 2.82. The van der Waals surface area contributed by atoms with Gasteiger partial charge in [0.2, 0.25) is 5.91 Å². The number of hydrogen-bond acceptors (Lipinski definition) is 3. The highest BCUT2D eigenvalue weighted by Gasteiger charge is 2.35. The molecule has 2 fully saturated rings. The van der Waals surface area contributed by atoms with Crippen molar-refractivity contribution in [2.45, 2.75) is 51.0 Å². The molecule has 3 aliphatic rings. The van der Waals surface area contributed by atoms with Gasteiger partial charge in [0.15, 0.2) is 0 Å². The van der Waals surface area contributed by atoms with E-state index in [1.807, 2.05) is 0 Å². The van der Waals surface area contributed by atoms with Crippen molar-refractivity contribution in [2.75, 3.05) is 37.6 Å². The van der Waals surface area contributed by atoms with Crippen LogP contribution in [0, 0.1) is 5.92 Å². The number of rotatable bonds is 3.